The Morgan fingerprint density at radius 1 is 1.56 bits per heavy atom. The number of carbonyl (C=O) groups is 1. The van der Waals surface area contributed by atoms with Gasteiger partial charge in [0.05, 0.1) is 0 Å². The number of carboxylic acid groups (broad SMARTS) is 1. The number of aromatic nitrogens is 1. The summed E-state index contributed by atoms with van der Waals surface area (Å²) >= 11 is 0. The zero-order valence-corrected chi connectivity index (χ0v) is 10.7. The van der Waals surface area contributed by atoms with Gasteiger partial charge in [0.1, 0.15) is 5.82 Å². The fourth-order valence-corrected chi connectivity index (χ4v) is 2.54. The predicted octanol–water partition coefficient (Wildman–Crippen LogP) is 2.41. The van der Waals surface area contributed by atoms with Crippen LogP contribution in [0.4, 0.5) is 5.82 Å². The third-order valence-corrected chi connectivity index (χ3v) is 3.28. The van der Waals surface area contributed by atoms with E-state index in [1.807, 2.05) is 12.1 Å². The Morgan fingerprint density at radius 2 is 2.33 bits per heavy atom. The van der Waals surface area contributed by atoms with Gasteiger partial charge in [0, 0.05) is 30.4 Å². The highest BCUT2D eigenvalue weighted by molar-refractivity contribution is 5.86. The van der Waals surface area contributed by atoms with E-state index in [9.17, 15) is 4.79 Å². The number of aliphatic carboxylic acids is 1. The zero-order valence-electron chi connectivity index (χ0n) is 10.7. The van der Waals surface area contributed by atoms with Gasteiger partial charge in [-0.05, 0) is 37.5 Å². The molecule has 96 valence electrons. The van der Waals surface area contributed by atoms with Gasteiger partial charge in [-0.3, -0.25) is 0 Å². The number of rotatable bonds is 3. The molecule has 2 heterocycles. The lowest BCUT2D eigenvalue weighted by molar-refractivity contribution is -0.131. The molecule has 0 aliphatic carbocycles. The second kappa shape index (κ2) is 5.21. The molecule has 1 saturated heterocycles. The molecule has 0 aromatic carbocycles. The third kappa shape index (κ3) is 2.70. The maximum absolute atomic E-state index is 10.6. The molecule has 1 fully saturated rings. The van der Waals surface area contributed by atoms with Crippen molar-refractivity contribution in [2.24, 2.45) is 5.92 Å². The highest BCUT2D eigenvalue weighted by Crippen LogP contribution is 2.29. The topological polar surface area (TPSA) is 53.4 Å². The highest BCUT2D eigenvalue weighted by atomic mass is 16.4. The molecule has 0 spiro atoms. The standard InChI is InChI=1S/C14H18N2O2/c1-10-8-11(2)16(9-10)14-12(4-3-7-15-14)5-6-13(17)18/h3-7,10-11H,8-9H2,1-2H3,(H,17,18)/b6-5+. The highest BCUT2D eigenvalue weighted by Gasteiger charge is 2.27. The Kier molecular flexibility index (Phi) is 3.65. The summed E-state index contributed by atoms with van der Waals surface area (Å²) in [5, 5.41) is 8.70. The Hall–Kier alpha value is -1.84. The number of anilines is 1. The van der Waals surface area contributed by atoms with Gasteiger partial charge < -0.3 is 10.0 Å². The summed E-state index contributed by atoms with van der Waals surface area (Å²) in [5.74, 6) is 0.595. The minimum Gasteiger partial charge on any atom is -0.478 e. The van der Waals surface area contributed by atoms with Crippen LogP contribution in [-0.4, -0.2) is 28.6 Å². The van der Waals surface area contributed by atoms with E-state index in [-0.39, 0.29) is 0 Å². The number of nitrogens with zero attached hydrogens (tertiary/aromatic N) is 2. The van der Waals surface area contributed by atoms with Crippen molar-refractivity contribution in [1.82, 2.24) is 4.98 Å². The zero-order chi connectivity index (χ0) is 13.1. The van der Waals surface area contributed by atoms with E-state index in [1.54, 1.807) is 12.3 Å². The van der Waals surface area contributed by atoms with Crippen LogP contribution in [0.3, 0.4) is 0 Å². The summed E-state index contributed by atoms with van der Waals surface area (Å²) in [5.41, 5.74) is 0.862. The average molecular weight is 246 g/mol. The van der Waals surface area contributed by atoms with Gasteiger partial charge in [0.2, 0.25) is 0 Å². The van der Waals surface area contributed by atoms with Crippen LogP contribution in [0.25, 0.3) is 6.08 Å². The molecule has 1 aliphatic rings. The van der Waals surface area contributed by atoms with E-state index in [0.29, 0.717) is 12.0 Å². The third-order valence-electron chi connectivity index (χ3n) is 3.28. The van der Waals surface area contributed by atoms with Crippen molar-refractivity contribution in [1.29, 1.82) is 0 Å². The van der Waals surface area contributed by atoms with E-state index in [1.165, 1.54) is 0 Å². The van der Waals surface area contributed by atoms with Crippen molar-refractivity contribution < 1.29 is 9.90 Å². The summed E-state index contributed by atoms with van der Waals surface area (Å²) in [6.45, 7) is 5.39. The van der Waals surface area contributed by atoms with Crippen LogP contribution in [0, 0.1) is 5.92 Å². The number of carboxylic acids is 1. The van der Waals surface area contributed by atoms with Gasteiger partial charge in [-0.15, -0.1) is 0 Å². The predicted molar refractivity (Wildman–Crippen MR) is 71.5 cm³/mol. The van der Waals surface area contributed by atoms with E-state index in [0.717, 1.165) is 30.4 Å². The summed E-state index contributed by atoms with van der Waals surface area (Å²) in [7, 11) is 0. The normalized spacial score (nSPS) is 23.8. The van der Waals surface area contributed by atoms with Crippen molar-refractivity contribution in [3.63, 3.8) is 0 Å². The maximum atomic E-state index is 10.6. The molecule has 2 atom stereocenters. The van der Waals surface area contributed by atoms with Crippen LogP contribution in [0.1, 0.15) is 25.8 Å². The molecular formula is C14H18N2O2. The second-order valence-electron chi connectivity index (χ2n) is 4.93. The molecule has 18 heavy (non-hydrogen) atoms. The van der Waals surface area contributed by atoms with Crippen LogP contribution in [0.15, 0.2) is 24.4 Å². The molecular weight excluding hydrogens is 228 g/mol. The minimum atomic E-state index is -0.937. The molecule has 4 nitrogen and oxygen atoms in total. The van der Waals surface area contributed by atoms with E-state index < -0.39 is 5.97 Å². The van der Waals surface area contributed by atoms with E-state index in [4.69, 9.17) is 5.11 Å². The first kappa shape index (κ1) is 12.6. The van der Waals surface area contributed by atoms with E-state index in [2.05, 4.69) is 23.7 Å². The summed E-state index contributed by atoms with van der Waals surface area (Å²) < 4.78 is 0. The first-order valence-electron chi connectivity index (χ1n) is 6.20. The SMILES string of the molecule is CC1CC(C)N(c2ncccc2/C=C/C(=O)O)C1. The quantitative estimate of drug-likeness (QED) is 0.832. The number of hydrogen-bond acceptors (Lipinski definition) is 3. The van der Waals surface area contributed by atoms with Gasteiger partial charge in [-0.2, -0.15) is 0 Å². The van der Waals surface area contributed by atoms with Crippen LogP contribution in [0.2, 0.25) is 0 Å². The smallest absolute Gasteiger partial charge is 0.328 e. The van der Waals surface area contributed by atoms with Crippen molar-refractivity contribution in [3.05, 3.63) is 30.0 Å². The summed E-state index contributed by atoms with van der Waals surface area (Å²) in [6, 6.07) is 4.18. The number of pyridine rings is 1. The molecule has 0 amide bonds. The molecule has 2 rings (SSSR count). The van der Waals surface area contributed by atoms with Gasteiger partial charge >= 0.3 is 5.97 Å². The van der Waals surface area contributed by atoms with Crippen molar-refractivity contribution in [2.45, 2.75) is 26.3 Å². The molecule has 0 bridgehead atoms. The Labute approximate surface area is 107 Å². The van der Waals surface area contributed by atoms with Gasteiger partial charge in [-0.25, -0.2) is 9.78 Å². The Balaban J connectivity index is 2.30. The fraction of sp³-hybridized carbons (Fsp3) is 0.429. The van der Waals surface area contributed by atoms with Crippen molar-refractivity contribution in [2.75, 3.05) is 11.4 Å². The molecule has 2 unspecified atom stereocenters. The lowest BCUT2D eigenvalue weighted by Gasteiger charge is -2.24. The van der Waals surface area contributed by atoms with Crippen LogP contribution in [-0.2, 0) is 4.79 Å². The van der Waals surface area contributed by atoms with Crippen molar-refractivity contribution in [3.8, 4) is 0 Å². The minimum absolute atomic E-state index is 0.451. The largest absolute Gasteiger partial charge is 0.478 e. The van der Waals surface area contributed by atoms with E-state index >= 15 is 0 Å². The van der Waals surface area contributed by atoms with Gasteiger partial charge in [0.25, 0.3) is 0 Å². The summed E-state index contributed by atoms with van der Waals surface area (Å²) in [6.07, 6.45) is 5.67. The Morgan fingerprint density at radius 3 is 2.94 bits per heavy atom. The monoisotopic (exact) mass is 246 g/mol. The van der Waals surface area contributed by atoms with Gasteiger partial charge in [0.15, 0.2) is 0 Å². The Bertz CT molecular complexity index is 471. The second-order valence-corrected chi connectivity index (χ2v) is 4.93. The first-order chi connectivity index (χ1) is 8.58. The molecule has 0 saturated carbocycles. The lowest BCUT2D eigenvalue weighted by Crippen LogP contribution is -2.28. The summed E-state index contributed by atoms with van der Waals surface area (Å²) in [4.78, 5) is 17.3. The van der Waals surface area contributed by atoms with Crippen molar-refractivity contribution >= 4 is 17.9 Å². The fourth-order valence-electron chi connectivity index (χ4n) is 2.54. The molecule has 0 radical (unpaired) electrons. The molecule has 1 aromatic heterocycles. The maximum Gasteiger partial charge on any atom is 0.328 e. The van der Waals surface area contributed by atoms with Crippen LogP contribution < -0.4 is 4.90 Å². The average Bonchev–Trinajstić information content (AvgIpc) is 2.66. The number of hydrogen-bond donors (Lipinski definition) is 1. The first-order valence-corrected chi connectivity index (χ1v) is 6.20. The lowest BCUT2D eigenvalue weighted by atomic mass is 10.1. The van der Waals surface area contributed by atoms with Crippen LogP contribution >= 0.6 is 0 Å². The van der Waals surface area contributed by atoms with Gasteiger partial charge in [-0.1, -0.05) is 6.92 Å². The molecule has 1 aromatic rings. The molecule has 4 heteroatoms. The molecule has 1 N–H and O–H groups in total. The van der Waals surface area contributed by atoms with Crippen LogP contribution in [0.5, 0.6) is 0 Å². The molecule has 1 aliphatic heterocycles.